The van der Waals surface area contributed by atoms with Gasteiger partial charge < -0.3 is 20.3 Å². The van der Waals surface area contributed by atoms with E-state index in [1.54, 1.807) is 18.2 Å². The molecule has 0 saturated carbocycles. The third-order valence-electron chi connectivity index (χ3n) is 9.61. The highest BCUT2D eigenvalue weighted by Crippen LogP contribution is 2.40. The van der Waals surface area contributed by atoms with Crippen molar-refractivity contribution in [3.05, 3.63) is 72.6 Å². The number of rotatable bonds is 10. The average molecular weight is 652 g/mol. The Balaban J connectivity index is 1.20. The van der Waals surface area contributed by atoms with Gasteiger partial charge in [0.2, 0.25) is 5.91 Å². The number of hydrogen-bond acceptors (Lipinski definition) is 11. The van der Waals surface area contributed by atoms with Gasteiger partial charge in [0.05, 0.1) is 48.5 Å². The number of nitrogens with zero attached hydrogens (tertiary/aromatic N) is 7. The van der Waals surface area contributed by atoms with Gasteiger partial charge in [-0.2, -0.15) is 5.26 Å². The highest BCUT2D eigenvalue weighted by atomic mass is 16.7. The number of hydroxylamine groups is 1. The van der Waals surface area contributed by atoms with Crippen molar-refractivity contribution in [3.63, 3.8) is 0 Å². The molecule has 3 saturated heterocycles. The number of aromatic nitrogens is 2. The summed E-state index contributed by atoms with van der Waals surface area (Å²) >= 11 is 0. The molecule has 0 unspecified atom stereocenters. The first-order chi connectivity index (χ1) is 23.4. The smallest absolute Gasteiger partial charge is 0.247 e. The van der Waals surface area contributed by atoms with E-state index in [0.29, 0.717) is 53.0 Å². The molecule has 252 valence electrons. The van der Waals surface area contributed by atoms with E-state index in [9.17, 15) is 10.1 Å². The van der Waals surface area contributed by atoms with Gasteiger partial charge in [-0.3, -0.25) is 19.4 Å². The van der Waals surface area contributed by atoms with Crippen LogP contribution in [-0.4, -0.2) is 90.7 Å². The molecule has 2 N–H and O–H groups in total. The summed E-state index contributed by atoms with van der Waals surface area (Å²) < 4.78 is 5.87. The Morgan fingerprint density at radius 1 is 1.06 bits per heavy atom. The van der Waals surface area contributed by atoms with Crippen LogP contribution in [-0.2, 0) is 9.63 Å². The molecule has 3 aromatic rings. The quantitative estimate of drug-likeness (QED) is 0.285. The summed E-state index contributed by atoms with van der Waals surface area (Å²) in [5, 5.41) is 17.6. The van der Waals surface area contributed by atoms with Gasteiger partial charge in [0, 0.05) is 69.9 Å². The number of methoxy groups -OCH3 is 1. The summed E-state index contributed by atoms with van der Waals surface area (Å²) in [5.41, 5.74) is 3.80. The van der Waals surface area contributed by atoms with Crippen molar-refractivity contribution < 1.29 is 14.4 Å². The lowest BCUT2D eigenvalue weighted by molar-refractivity contribution is -0.111. The van der Waals surface area contributed by atoms with Gasteiger partial charge in [-0.25, -0.2) is 15.0 Å². The van der Waals surface area contributed by atoms with Crippen LogP contribution in [0.3, 0.4) is 0 Å². The highest BCUT2D eigenvalue weighted by Gasteiger charge is 2.31. The van der Waals surface area contributed by atoms with Crippen molar-refractivity contribution in [1.29, 1.82) is 5.26 Å². The van der Waals surface area contributed by atoms with Crippen LogP contribution in [0.5, 0.6) is 5.75 Å². The molecule has 3 fully saturated rings. The predicted octanol–water partition coefficient (Wildman–Crippen LogP) is 5.10. The van der Waals surface area contributed by atoms with Crippen LogP contribution >= 0.6 is 0 Å². The first-order valence-corrected chi connectivity index (χ1v) is 16.8. The summed E-state index contributed by atoms with van der Waals surface area (Å²) in [4.78, 5) is 35.1. The van der Waals surface area contributed by atoms with Gasteiger partial charge in [0.1, 0.15) is 17.9 Å². The number of nitrogens with one attached hydrogen (secondary N) is 2. The fourth-order valence-electron chi connectivity index (χ4n) is 6.96. The van der Waals surface area contributed by atoms with E-state index >= 15 is 0 Å². The molecular weight excluding hydrogens is 606 g/mol. The van der Waals surface area contributed by atoms with Crippen LogP contribution in [0.2, 0.25) is 0 Å². The van der Waals surface area contributed by atoms with Crippen LogP contribution in [0.1, 0.15) is 50.3 Å². The lowest BCUT2D eigenvalue weighted by Gasteiger charge is -2.44. The first kappa shape index (κ1) is 33.2. The third-order valence-corrected chi connectivity index (χ3v) is 9.61. The summed E-state index contributed by atoms with van der Waals surface area (Å²) in [6, 6.07) is 16.5. The molecule has 6 rings (SSSR count). The third kappa shape index (κ3) is 7.39. The number of benzene rings is 2. The first-order valence-electron chi connectivity index (χ1n) is 16.8. The molecule has 0 radical (unpaired) electrons. The minimum absolute atomic E-state index is 0.0932. The summed E-state index contributed by atoms with van der Waals surface area (Å²) in [6.45, 7) is 15.0. The largest absolute Gasteiger partial charge is 0.494 e. The molecule has 12 nitrogen and oxygen atoms in total. The Hall–Kier alpha value is -4.70. The summed E-state index contributed by atoms with van der Waals surface area (Å²) in [7, 11) is 1.64. The zero-order valence-corrected chi connectivity index (χ0v) is 28.1. The second-order valence-corrected chi connectivity index (χ2v) is 12.7. The number of amides is 1. The van der Waals surface area contributed by atoms with Crippen LogP contribution in [0, 0.1) is 11.3 Å². The second-order valence-electron chi connectivity index (χ2n) is 12.7. The number of carbonyl (C=O) groups excluding carboxylic acids is 1. The van der Waals surface area contributed by atoms with E-state index < -0.39 is 0 Å². The molecule has 2 aromatic carbocycles. The maximum atomic E-state index is 12.6. The standard InChI is InChI=1S/C36H45N9O3/c1-5-36(46)41-29-20-30(33(47-4)21-32(29)44-12-9-28(10-13-44)43-16-14-42(15-17-43)25(2)3)40-34-22-35(39-24-38-34)45-31(11-18-48-45)27-8-6-7-26(19-27)23-37/h5-8,19-22,24-25,28,31H,1,9-18H2,2-4H3,(H,41,46)(H,38,39,40)/t31-/m1/s1. The molecule has 3 aliphatic heterocycles. The van der Waals surface area contributed by atoms with Crippen LogP contribution in [0.4, 0.5) is 28.7 Å². The fourth-order valence-corrected chi connectivity index (χ4v) is 6.96. The van der Waals surface area contributed by atoms with Crippen molar-refractivity contribution >= 4 is 34.6 Å². The van der Waals surface area contributed by atoms with Gasteiger partial charge >= 0.3 is 0 Å². The number of nitriles is 1. The molecule has 3 aliphatic rings. The van der Waals surface area contributed by atoms with Crippen molar-refractivity contribution in [3.8, 4) is 11.8 Å². The highest BCUT2D eigenvalue weighted by molar-refractivity contribution is 6.02. The zero-order chi connectivity index (χ0) is 33.6. The van der Waals surface area contributed by atoms with Crippen molar-refractivity contribution in [1.82, 2.24) is 19.8 Å². The normalized spacial score (nSPS) is 19.3. The molecular formula is C36H45N9O3. The lowest BCUT2D eigenvalue weighted by atomic mass is 10.0. The molecule has 1 aromatic heterocycles. The van der Waals surface area contributed by atoms with Crippen molar-refractivity contribution in [2.75, 3.05) is 73.6 Å². The molecule has 1 amide bonds. The zero-order valence-electron chi connectivity index (χ0n) is 28.1. The number of piperazine rings is 1. The minimum Gasteiger partial charge on any atom is -0.494 e. The van der Waals surface area contributed by atoms with E-state index in [2.05, 4.69) is 61.8 Å². The van der Waals surface area contributed by atoms with Gasteiger partial charge in [-0.1, -0.05) is 18.7 Å². The maximum absolute atomic E-state index is 12.6. The van der Waals surface area contributed by atoms with E-state index in [0.717, 1.165) is 69.8 Å². The van der Waals surface area contributed by atoms with Crippen molar-refractivity contribution in [2.24, 2.45) is 0 Å². The Morgan fingerprint density at radius 3 is 2.56 bits per heavy atom. The molecule has 1 atom stereocenters. The van der Waals surface area contributed by atoms with E-state index in [-0.39, 0.29) is 11.9 Å². The summed E-state index contributed by atoms with van der Waals surface area (Å²) in [5.74, 6) is 1.46. The van der Waals surface area contributed by atoms with Gasteiger partial charge in [-0.15, -0.1) is 0 Å². The monoisotopic (exact) mass is 651 g/mol. The number of carbonyl (C=O) groups is 1. The second kappa shape index (κ2) is 15.0. The Bertz CT molecular complexity index is 1640. The lowest BCUT2D eigenvalue weighted by Crippen LogP contribution is -2.54. The minimum atomic E-state index is -0.285. The van der Waals surface area contributed by atoms with Crippen LogP contribution in [0.15, 0.2) is 61.4 Å². The molecule has 48 heavy (non-hydrogen) atoms. The van der Waals surface area contributed by atoms with E-state index in [1.807, 2.05) is 36.4 Å². The van der Waals surface area contributed by atoms with Crippen molar-refractivity contribution in [2.45, 2.75) is 51.2 Å². The molecule has 12 heteroatoms. The SMILES string of the molecule is C=CC(=O)Nc1cc(Nc2cc(N3OCC[C@@H]3c3cccc(C#N)c3)ncn2)c(OC)cc1N1CCC(N2CCN(C(C)C)CC2)CC1. The molecule has 4 heterocycles. The number of anilines is 5. The number of piperidine rings is 1. The number of hydrogen-bond donors (Lipinski definition) is 2. The molecule has 0 spiro atoms. The van der Waals surface area contributed by atoms with Gasteiger partial charge in [0.15, 0.2) is 5.82 Å². The Labute approximate surface area is 282 Å². The van der Waals surface area contributed by atoms with Gasteiger partial charge in [-0.05, 0) is 56.5 Å². The van der Waals surface area contributed by atoms with Crippen LogP contribution < -0.4 is 25.3 Å². The number of ether oxygens (including phenoxy) is 1. The van der Waals surface area contributed by atoms with E-state index in [1.165, 1.54) is 12.4 Å². The fraction of sp³-hybridized carbons (Fsp3) is 0.444. The molecule has 0 aliphatic carbocycles. The Kier molecular flexibility index (Phi) is 10.4. The maximum Gasteiger partial charge on any atom is 0.247 e. The average Bonchev–Trinajstić information content (AvgIpc) is 3.62. The summed E-state index contributed by atoms with van der Waals surface area (Å²) in [6.07, 6.45) is 5.64. The van der Waals surface area contributed by atoms with Gasteiger partial charge in [0.25, 0.3) is 0 Å². The Morgan fingerprint density at radius 2 is 1.85 bits per heavy atom. The van der Waals surface area contributed by atoms with Crippen LogP contribution in [0.25, 0.3) is 0 Å². The topological polar surface area (TPSA) is 122 Å². The predicted molar refractivity (Wildman–Crippen MR) is 188 cm³/mol. The van der Waals surface area contributed by atoms with E-state index in [4.69, 9.17) is 9.57 Å². The molecule has 0 bridgehead atoms.